The molecule has 1 atom stereocenters. The van der Waals surface area contributed by atoms with Crippen LogP contribution >= 0.6 is 23.2 Å². The third kappa shape index (κ3) is 4.07. The lowest BCUT2D eigenvalue weighted by Crippen LogP contribution is -2.49. The van der Waals surface area contributed by atoms with Gasteiger partial charge in [0.25, 0.3) is 0 Å². The van der Waals surface area contributed by atoms with E-state index in [0.29, 0.717) is 37.5 Å². The lowest BCUT2D eigenvalue weighted by Gasteiger charge is -2.38. The molecule has 5 nitrogen and oxygen atoms in total. The number of anilines is 1. The van der Waals surface area contributed by atoms with Crippen molar-refractivity contribution in [1.82, 2.24) is 14.7 Å². The van der Waals surface area contributed by atoms with Crippen molar-refractivity contribution in [2.24, 2.45) is 0 Å². The summed E-state index contributed by atoms with van der Waals surface area (Å²) in [6.07, 6.45) is -5.02. The highest BCUT2D eigenvalue weighted by molar-refractivity contribution is 6.32. The van der Waals surface area contributed by atoms with E-state index < -0.39 is 23.1 Å². The first-order valence-corrected chi connectivity index (χ1v) is 8.99. The second-order valence-electron chi connectivity index (χ2n) is 6.24. The normalized spacial score (nSPS) is 17.2. The Kier molecular flexibility index (Phi) is 5.69. The molecule has 0 amide bonds. The van der Waals surface area contributed by atoms with Gasteiger partial charge in [0.05, 0.1) is 10.7 Å². The second-order valence-corrected chi connectivity index (χ2v) is 7.05. The topological polar surface area (TPSA) is 41.4 Å². The molecule has 1 aromatic carbocycles. The molecule has 0 saturated carbocycles. The summed E-state index contributed by atoms with van der Waals surface area (Å²) in [5, 5.41) is 3.74. The lowest BCUT2D eigenvalue weighted by molar-refractivity contribution is -0.142. The highest BCUT2D eigenvalue weighted by Gasteiger charge is 2.39. The van der Waals surface area contributed by atoms with Crippen molar-refractivity contribution in [3.63, 3.8) is 0 Å². The summed E-state index contributed by atoms with van der Waals surface area (Å²) in [4.78, 5) is 15.6. The van der Waals surface area contributed by atoms with Crippen molar-refractivity contribution >= 4 is 35.2 Å². The average Bonchev–Trinajstić information content (AvgIpc) is 2.93. The largest absolute Gasteiger partial charge is 0.436 e. The van der Waals surface area contributed by atoms with Crippen molar-refractivity contribution in [2.75, 3.05) is 31.1 Å². The van der Waals surface area contributed by atoms with E-state index in [2.05, 4.69) is 10.00 Å². The summed E-state index contributed by atoms with van der Waals surface area (Å²) >= 11 is 11.7. The number of halogens is 5. The summed E-state index contributed by atoms with van der Waals surface area (Å²) in [5.74, 6) is 0. The van der Waals surface area contributed by atoms with E-state index in [4.69, 9.17) is 23.2 Å². The number of aromatic nitrogens is 2. The van der Waals surface area contributed by atoms with Gasteiger partial charge in [-0.05, 0) is 31.2 Å². The number of benzene rings is 1. The van der Waals surface area contributed by atoms with Gasteiger partial charge in [0.1, 0.15) is 0 Å². The number of hydrogen-bond donors (Lipinski definition) is 0. The van der Waals surface area contributed by atoms with E-state index >= 15 is 0 Å². The predicted octanol–water partition coefficient (Wildman–Crippen LogP) is 4.04. The fourth-order valence-electron chi connectivity index (χ4n) is 3.13. The summed E-state index contributed by atoms with van der Waals surface area (Å²) in [6.45, 7) is 3.64. The van der Waals surface area contributed by atoms with Crippen LogP contribution in [0.15, 0.2) is 24.3 Å². The van der Waals surface area contributed by atoms with E-state index in [1.807, 2.05) is 12.1 Å². The van der Waals surface area contributed by atoms with Crippen molar-refractivity contribution < 1.29 is 18.0 Å². The zero-order chi connectivity index (χ0) is 19.8. The summed E-state index contributed by atoms with van der Waals surface area (Å²) in [7, 11) is 0. The smallest absolute Gasteiger partial charge is 0.369 e. The molecule has 0 aliphatic carbocycles. The zero-order valence-electron chi connectivity index (χ0n) is 14.4. The van der Waals surface area contributed by atoms with Gasteiger partial charge in [0, 0.05) is 36.9 Å². The monoisotopic (exact) mass is 420 g/mol. The maximum Gasteiger partial charge on any atom is 0.436 e. The van der Waals surface area contributed by atoms with Gasteiger partial charge in [-0.1, -0.05) is 23.2 Å². The third-order valence-electron chi connectivity index (χ3n) is 4.60. The van der Waals surface area contributed by atoms with E-state index in [1.165, 1.54) is 6.92 Å². The first-order chi connectivity index (χ1) is 12.7. The Morgan fingerprint density at radius 1 is 1.11 bits per heavy atom. The van der Waals surface area contributed by atoms with Gasteiger partial charge in [-0.25, -0.2) is 4.68 Å². The second kappa shape index (κ2) is 7.69. The molecule has 2 heterocycles. The summed E-state index contributed by atoms with van der Waals surface area (Å²) in [5.41, 5.74) is -0.0612. The number of rotatable bonds is 4. The molecule has 0 N–H and O–H groups in total. The van der Waals surface area contributed by atoms with Gasteiger partial charge in [0.2, 0.25) is 0 Å². The molecule has 1 aliphatic heterocycles. The number of carbonyl (C=O) groups is 1. The van der Waals surface area contributed by atoms with Gasteiger partial charge < -0.3 is 4.90 Å². The summed E-state index contributed by atoms with van der Waals surface area (Å²) in [6, 6.07) is 7.40. The van der Waals surface area contributed by atoms with Gasteiger partial charge >= 0.3 is 6.18 Å². The molecule has 3 rings (SSSR count). The van der Waals surface area contributed by atoms with Crippen LogP contribution < -0.4 is 4.90 Å². The molecule has 146 valence electrons. The molecule has 1 fully saturated rings. The molecule has 1 unspecified atom stereocenters. The molecular weight excluding hydrogens is 404 g/mol. The van der Waals surface area contributed by atoms with E-state index in [1.54, 1.807) is 17.0 Å². The minimum Gasteiger partial charge on any atom is -0.369 e. The fraction of sp³-hybridized carbons (Fsp3) is 0.412. The number of aldehydes is 1. The Labute approximate surface area is 164 Å². The number of nitrogens with zero attached hydrogens (tertiary/aromatic N) is 4. The van der Waals surface area contributed by atoms with E-state index in [0.717, 1.165) is 10.4 Å². The minimum atomic E-state index is -4.67. The van der Waals surface area contributed by atoms with Crippen molar-refractivity contribution in [2.45, 2.75) is 19.3 Å². The predicted molar refractivity (Wildman–Crippen MR) is 97.3 cm³/mol. The van der Waals surface area contributed by atoms with Crippen LogP contribution in [0.25, 0.3) is 0 Å². The number of hydrogen-bond acceptors (Lipinski definition) is 4. The molecule has 0 bridgehead atoms. The molecule has 2 aromatic rings. The lowest BCUT2D eigenvalue weighted by atomic mass is 10.2. The van der Waals surface area contributed by atoms with Gasteiger partial charge in [-0.2, -0.15) is 18.3 Å². The molecule has 1 aromatic heterocycles. The van der Waals surface area contributed by atoms with Crippen LogP contribution in [-0.2, 0) is 11.0 Å². The molecule has 1 saturated heterocycles. The first kappa shape index (κ1) is 20.0. The van der Waals surface area contributed by atoms with Crippen LogP contribution in [0.5, 0.6) is 0 Å². The van der Waals surface area contributed by atoms with Crippen molar-refractivity contribution in [1.29, 1.82) is 0 Å². The molecule has 1 aliphatic rings. The van der Waals surface area contributed by atoms with Crippen LogP contribution in [0.4, 0.5) is 18.9 Å². The number of carbonyl (C=O) groups excluding carboxylic acids is 1. The SMILES string of the molecule is Cc1c(Cl)c(C(F)(F)F)nn1C(C=O)N1CCN(c2ccc(Cl)cc2)CC1. The average molecular weight is 421 g/mol. The van der Waals surface area contributed by atoms with Crippen LogP contribution in [0.3, 0.4) is 0 Å². The quantitative estimate of drug-likeness (QED) is 0.700. The van der Waals surface area contributed by atoms with E-state index in [-0.39, 0.29) is 5.69 Å². The Bertz CT molecular complexity index is 815. The standard InChI is InChI=1S/C17H17Cl2F3N4O/c1-11-15(19)16(17(20,21)22)23-26(11)14(10-27)25-8-6-24(7-9-25)13-4-2-12(18)3-5-13/h2-5,10,14H,6-9H2,1H3. The van der Waals surface area contributed by atoms with E-state index in [9.17, 15) is 18.0 Å². The zero-order valence-corrected chi connectivity index (χ0v) is 15.9. The highest BCUT2D eigenvalue weighted by Crippen LogP contribution is 2.36. The minimum absolute atomic E-state index is 0.112. The van der Waals surface area contributed by atoms with Crippen LogP contribution in [0, 0.1) is 6.92 Å². The molecule has 0 spiro atoms. The molecule has 27 heavy (non-hydrogen) atoms. The van der Waals surface area contributed by atoms with Crippen molar-refractivity contribution in [3.8, 4) is 0 Å². The third-order valence-corrected chi connectivity index (χ3v) is 5.30. The molecular formula is C17H17Cl2F3N4O. The Morgan fingerprint density at radius 2 is 1.70 bits per heavy atom. The Balaban J connectivity index is 1.76. The first-order valence-electron chi connectivity index (χ1n) is 8.24. The Morgan fingerprint density at radius 3 is 2.19 bits per heavy atom. The van der Waals surface area contributed by atoms with Crippen molar-refractivity contribution in [3.05, 3.63) is 45.7 Å². The van der Waals surface area contributed by atoms with Gasteiger partial charge in [-0.15, -0.1) is 0 Å². The van der Waals surface area contributed by atoms with Crippen LogP contribution in [0.2, 0.25) is 10.0 Å². The van der Waals surface area contributed by atoms with Crippen LogP contribution in [-0.4, -0.2) is 47.1 Å². The number of piperazine rings is 1. The fourth-order valence-corrected chi connectivity index (χ4v) is 3.49. The molecule has 10 heteroatoms. The van der Waals surface area contributed by atoms with Gasteiger partial charge in [0.15, 0.2) is 18.1 Å². The summed E-state index contributed by atoms with van der Waals surface area (Å²) < 4.78 is 40.2. The maximum atomic E-state index is 13.0. The highest BCUT2D eigenvalue weighted by atomic mass is 35.5. The van der Waals surface area contributed by atoms with Crippen LogP contribution in [0.1, 0.15) is 17.6 Å². The maximum absolute atomic E-state index is 13.0. The van der Waals surface area contributed by atoms with Gasteiger partial charge in [-0.3, -0.25) is 9.69 Å². The Hall–Kier alpha value is -1.77. The number of alkyl halides is 3. The molecule has 0 radical (unpaired) electrons.